The molecule has 2 heterocycles. The van der Waals surface area contributed by atoms with Crippen molar-refractivity contribution in [3.8, 4) is 11.3 Å². The van der Waals surface area contributed by atoms with Gasteiger partial charge in [-0.2, -0.15) is 0 Å². The molecule has 0 aliphatic carbocycles. The number of fused-ring (bicyclic) bond motifs is 1. The number of carbonyl (C=O) groups excluding carboxylic acids is 2. The fourth-order valence-corrected chi connectivity index (χ4v) is 5.02. The number of hydrogen-bond donors (Lipinski definition) is 4. The number of carboxylic acids is 1. The molecule has 5 rings (SSSR count). The number of rotatable bonds is 9. The summed E-state index contributed by atoms with van der Waals surface area (Å²) >= 11 is 0. The Bertz CT molecular complexity index is 1800. The van der Waals surface area contributed by atoms with Crippen LogP contribution in [-0.4, -0.2) is 32.3 Å². The van der Waals surface area contributed by atoms with E-state index in [-0.39, 0.29) is 12.3 Å². The highest BCUT2D eigenvalue weighted by atomic mass is 16.4. The maximum atomic E-state index is 13.4. The van der Waals surface area contributed by atoms with Crippen LogP contribution in [0.15, 0.2) is 85.1 Å². The molecule has 9 nitrogen and oxygen atoms in total. The summed E-state index contributed by atoms with van der Waals surface area (Å²) < 4.78 is 1.88. The Morgan fingerprint density at radius 2 is 1.58 bits per heavy atom. The number of hydrogen-bond acceptors (Lipinski definition) is 5. The van der Waals surface area contributed by atoms with Gasteiger partial charge in [-0.1, -0.05) is 60.2 Å². The third-order valence-electron chi connectivity index (χ3n) is 7.26. The molecule has 0 fully saturated rings. The van der Waals surface area contributed by atoms with Crippen LogP contribution in [0.5, 0.6) is 0 Å². The zero-order chi connectivity index (χ0) is 30.7. The number of aliphatic carboxylic acids is 1. The van der Waals surface area contributed by atoms with Gasteiger partial charge in [-0.15, -0.1) is 0 Å². The SMILES string of the molecule is CC(=O)Nc1ccc(-c2nc3cc(C(=O)NC(CC(=O)O)c4ccc(C)cc4)ccn3c2Nc2c(C)cccc2C)cc1. The molecular formula is C34H33N5O4. The smallest absolute Gasteiger partial charge is 0.305 e. The number of anilines is 3. The summed E-state index contributed by atoms with van der Waals surface area (Å²) in [5.41, 5.74) is 7.89. The van der Waals surface area contributed by atoms with Crippen molar-refractivity contribution in [1.82, 2.24) is 14.7 Å². The summed E-state index contributed by atoms with van der Waals surface area (Å²) in [7, 11) is 0. The predicted octanol–water partition coefficient (Wildman–Crippen LogP) is 6.57. The molecule has 0 radical (unpaired) electrons. The Balaban J connectivity index is 1.54. The summed E-state index contributed by atoms with van der Waals surface area (Å²) in [6.07, 6.45) is 1.53. The molecule has 0 bridgehead atoms. The molecule has 5 aromatic rings. The van der Waals surface area contributed by atoms with Crippen LogP contribution in [0.2, 0.25) is 0 Å². The Hall–Kier alpha value is -5.44. The van der Waals surface area contributed by atoms with Crippen molar-refractivity contribution < 1.29 is 19.5 Å². The van der Waals surface area contributed by atoms with Gasteiger partial charge in [-0.3, -0.25) is 18.8 Å². The number of nitrogens with zero attached hydrogens (tertiary/aromatic N) is 2. The summed E-state index contributed by atoms with van der Waals surface area (Å²) in [6.45, 7) is 7.47. The van der Waals surface area contributed by atoms with E-state index in [4.69, 9.17) is 4.98 Å². The zero-order valence-electron chi connectivity index (χ0n) is 24.4. The minimum absolute atomic E-state index is 0.156. The largest absolute Gasteiger partial charge is 0.481 e. The van der Waals surface area contributed by atoms with Crippen LogP contribution in [0.25, 0.3) is 16.9 Å². The van der Waals surface area contributed by atoms with Gasteiger partial charge in [0.2, 0.25) is 5.91 Å². The summed E-state index contributed by atoms with van der Waals surface area (Å²) in [6, 6.07) is 23.6. The van der Waals surface area contributed by atoms with E-state index in [1.54, 1.807) is 18.3 Å². The first kappa shape index (κ1) is 29.1. The van der Waals surface area contributed by atoms with Gasteiger partial charge in [0.1, 0.15) is 17.2 Å². The predicted molar refractivity (Wildman–Crippen MR) is 168 cm³/mol. The molecule has 2 aromatic heterocycles. The summed E-state index contributed by atoms with van der Waals surface area (Å²) in [5.74, 6) is -0.847. The number of pyridine rings is 1. The van der Waals surface area contributed by atoms with Crippen LogP contribution < -0.4 is 16.0 Å². The first-order chi connectivity index (χ1) is 20.6. The quantitative estimate of drug-likeness (QED) is 0.157. The van der Waals surface area contributed by atoms with Gasteiger partial charge in [0, 0.05) is 35.6 Å². The van der Waals surface area contributed by atoms with Crippen molar-refractivity contribution in [2.75, 3.05) is 10.6 Å². The van der Waals surface area contributed by atoms with Crippen molar-refractivity contribution in [1.29, 1.82) is 0 Å². The second-order valence-electron chi connectivity index (χ2n) is 10.6. The third-order valence-corrected chi connectivity index (χ3v) is 7.26. The second kappa shape index (κ2) is 12.2. The molecule has 9 heteroatoms. The number of aromatic nitrogens is 2. The van der Waals surface area contributed by atoms with Crippen LogP contribution in [0.3, 0.4) is 0 Å². The molecule has 0 aliphatic rings. The number of carboxylic acid groups (broad SMARTS) is 1. The van der Waals surface area contributed by atoms with Crippen molar-refractivity contribution in [3.05, 3.63) is 113 Å². The first-order valence-corrected chi connectivity index (χ1v) is 13.9. The van der Waals surface area contributed by atoms with E-state index in [9.17, 15) is 19.5 Å². The van der Waals surface area contributed by atoms with E-state index in [1.807, 2.05) is 91.9 Å². The number of amides is 2. The lowest BCUT2D eigenvalue weighted by Gasteiger charge is -2.18. The number of aryl methyl sites for hydroxylation is 3. The Morgan fingerprint density at radius 3 is 2.21 bits per heavy atom. The highest BCUT2D eigenvalue weighted by Gasteiger charge is 2.21. The Labute approximate surface area is 249 Å². The van der Waals surface area contributed by atoms with Crippen LogP contribution >= 0.6 is 0 Å². The normalized spacial score (nSPS) is 11.6. The van der Waals surface area contributed by atoms with Gasteiger partial charge in [-0.25, -0.2) is 4.98 Å². The average Bonchev–Trinajstić information content (AvgIpc) is 3.32. The van der Waals surface area contributed by atoms with Crippen molar-refractivity contribution >= 4 is 40.6 Å². The molecule has 4 N–H and O–H groups in total. The number of carbonyl (C=O) groups is 3. The molecule has 218 valence electrons. The molecule has 1 atom stereocenters. The van der Waals surface area contributed by atoms with Gasteiger partial charge in [0.15, 0.2) is 0 Å². The lowest BCUT2D eigenvalue weighted by Crippen LogP contribution is -2.30. The molecule has 0 saturated carbocycles. The van der Waals surface area contributed by atoms with Gasteiger partial charge < -0.3 is 21.1 Å². The average molecular weight is 576 g/mol. The monoisotopic (exact) mass is 575 g/mol. The highest BCUT2D eigenvalue weighted by Crippen LogP contribution is 2.34. The number of nitrogens with one attached hydrogen (secondary N) is 3. The van der Waals surface area contributed by atoms with Gasteiger partial charge >= 0.3 is 5.97 Å². The van der Waals surface area contributed by atoms with Gasteiger partial charge in [0.05, 0.1) is 12.5 Å². The molecule has 43 heavy (non-hydrogen) atoms. The summed E-state index contributed by atoms with van der Waals surface area (Å²) in [5, 5.41) is 18.7. The van der Waals surface area contributed by atoms with Gasteiger partial charge in [-0.05, 0) is 61.7 Å². The van der Waals surface area contributed by atoms with Gasteiger partial charge in [0.25, 0.3) is 5.91 Å². The summed E-state index contributed by atoms with van der Waals surface area (Å²) in [4.78, 5) is 41.4. The maximum absolute atomic E-state index is 13.4. The molecule has 0 spiro atoms. The topological polar surface area (TPSA) is 125 Å². The van der Waals surface area contributed by atoms with E-state index in [2.05, 4.69) is 16.0 Å². The molecule has 2 amide bonds. The number of imidazole rings is 1. The van der Waals surface area contributed by atoms with Crippen molar-refractivity contribution in [3.63, 3.8) is 0 Å². The molecule has 3 aromatic carbocycles. The second-order valence-corrected chi connectivity index (χ2v) is 10.6. The minimum Gasteiger partial charge on any atom is -0.481 e. The van der Waals surface area contributed by atoms with E-state index >= 15 is 0 Å². The van der Waals surface area contributed by atoms with E-state index in [0.717, 1.165) is 33.8 Å². The first-order valence-electron chi connectivity index (χ1n) is 13.9. The Kier molecular flexibility index (Phi) is 8.25. The maximum Gasteiger partial charge on any atom is 0.305 e. The lowest BCUT2D eigenvalue weighted by molar-refractivity contribution is -0.137. The van der Waals surface area contributed by atoms with Crippen LogP contribution in [0.4, 0.5) is 17.2 Å². The number of benzene rings is 3. The van der Waals surface area contributed by atoms with Crippen LogP contribution in [0.1, 0.15) is 52.0 Å². The fourth-order valence-electron chi connectivity index (χ4n) is 5.02. The molecular weight excluding hydrogens is 542 g/mol. The van der Waals surface area contributed by atoms with Crippen LogP contribution in [0, 0.1) is 20.8 Å². The highest BCUT2D eigenvalue weighted by molar-refractivity contribution is 5.96. The Morgan fingerprint density at radius 1 is 0.907 bits per heavy atom. The van der Waals surface area contributed by atoms with Crippen molar-refractivity contribution in [2.45, 2.75) is 40.2 Å². The standard InChI is InChI=1S/C34H33N5O4/c1-20-8-10-24(11-9-20)28(19-30(41)42)36-34(43)26-16-17-39-29(18-26)37-32(25-12-14-27(15-13-25)35-23(4)40)33(39)38-31-21(2)6-5-7-22(31)3/h5-18,28,38H,19H2,1-4H3,(H,35,40)(H,36,43)(H,41,42). The molecule has 0 saturated heterocycles. The fraction of sp³-hybridized carbons (Fsp3) is 0.176. The molecule has 1 unspecified atom stereocenters. The van der Waals surface area contributed by atoms with E-state index in [0.29, 0.717) is 28.2 Å². The number of para-hydroxylation sites is 1. The minimum atomic E-state index is -1.01. The molecule has 0 aliphatic heterocycles. The van der Waals surface area contributed by atoms with E-state index in [1.165, 1.54) is 6.92 Å². The lowest BCUT2D eigenvalue weighted by atomic mass is 10.0. The van der Waals surface area contributed by atoms with Crippen molar-refractivity contribution in [2.24, 2.45) is 0 Å². The zero-order valence-corrected chi connectivity index (χ0v) is 24.4. The van der Waals surface area contributed by atoms with E-state index < -0.39 is 17.9 Å². The van der Waals surface area contributed by atoms with Crippen LogP contribution in [-0.2, 0) is 9.59 Å². The third kappa shape index (κ3) is 6.56.